The first-order valence-corrected chi connectivity index (χ1v) is 5.31. The first kappa shape index (κ1) is 12.9. The topological polar surface area (TPSA) is 32.3 Å². The van der Waals surface area contributed by atoms with E-state index in [4.69, 9.17) is 5.11 Å². The maximum Gasteiger partial charge on any atom is 0.123 e. The van der Waals surface area contributed by atoms with Gasteiger partial charge in [0.25, 0.3) is 0 Å². The molecule has 2 N–H and O–H groups in total. The van der Waals surface area contributed by atoms with Gasteiger partial charge in [-0.2, -0.15) is 0 Å². The summed E-state index contributed by atoms with van der Waals surface area (Å²) in [4.78, 5) is 0. The summed E-state index contributed by atoms with van der Waals surface area (Å²) in [5.74, 6) is -0.225. The van der Waals surface area contributed by atoms with Crippen molar-refractivity contribution in [1.82, 2.24) is 5.32 Å². The largest absolute Gasteiger partial charge is 0.394 e. The number of aliphatic hydroxyl groups is 1. The van der Waals surface area contributed by atoms with Crippen LogP contribution in [0.3, 0.4) is 0 Å². The third-order valence-electron chi connectivity index (χ3n) is 2.27. The molecule has 0 atom stereocenters. The molecule has 0 saturated carbocycles. The third-order valence-corrected chi connectivity index (χ3v) is 2.27. The molecule has 0 unspecified atom stereocenters. The Morgan fingerprint density at radius 2 is 1.94 bits per heavy atom. The van der Waals surface area contributed by atoms with E-state index >= 15 is 0 Å². The van der Waals surface area contributed by atoms with E-state index in [9.17, 15) is 4.39 Å². The lowest BCUT2D eigenvalue weighted by Gasteiger charge is -2.22. The molecule has 0 spiro atoms. The normalized spacial score (nSPS) is 12.2. The zero-order valence-corrected chi connectivity index (χ0v) is 9.70. The minimum absolute atomic E-state index is 0.0946. The predicted molar refractivity (Wildman–Crippen MR) is 64.6 cm³/mol. The van der Waals surface area contributed by atoms with Crippen molar-refractivity contribution in [3.05, 3.63) is 41.7 Å². The van der Waals surface area contributed by atoms with Crippen LogP contribution in [0, 0.1) is 5.82 Å². The van der Waals surface area contributed by atoms with E-state index in [0.717, 1.165) is 5.56 Å². The molecule has 0 aliphatic carbocycles. The SMILES string of the molecule is CC(C)(CO)NC/C=C/c1ccc(F)cc1. The Morgan fingerprint density at radius 3 is 2.50 bits per heavy atom. The number of benzene rings is 1. The summed E-state index contributed by atoms with van der Waals surface area (Å²) in [5, 5.41) is 12.2. The summed E-state index contributed by atoms with van der Waals surface area (Å²) in [5.41, 5.74) is 0.692. The Balaban J connectivity index is 2.41. The zero-order valence-electron chi connectivity index (χ0n) is 9.70. The van der Waals surface area contributed by atoms with E-state index in [2.05, 4.69) is 5.32 Å². The number of hydrogen-bond acceptors (Lipinski definition) is 2. The molecule has 0 aromatic heterocycles. The van der Waals surface area contributed by atoms with Crippen LogP contribution in [0.15, 0.2) is 30.3 Å². The second-order valence-electron chi connectivity index (χ2n) is 4.38. The maximum absolute atomic E-state index is 12.6. The molecule has 1 rings (SSSR count). The molecule has 0 bridgehead atoms. The van der Waals surface area contributed by atoms with E-state index in [0.29, 0.717) is 6.54 Å². The number of aliphatic hydroxyl groups excluding tert-OH is 1. The van der Waals surface area contributed by atoms with Crippen LogP contribution in [-0.2, 0) is 0 Å². The number of hydrogen-bond donors (Lipinski definition) is 2. The van der Waals surface area contributed by atoms with E-state index < -0.39 is 0 Å². The number of nitrogens with one attached hydrogen (secondary N) is 1. The number of halogens is 1. The molecule has 0 heterocycles. The van der Waals surface area contributed by atoms with Gasteiger partial charge in [-0.3, -0.25) is 0 Å². The van der Waals surface area contributed by atoms with Crippen LogP contribution >= 0.6 is 0 Å². The fraction of sp³-hybridized carbons (Fsp3) is 0.385. The Labute approximate surface area is 95.8 Å². The minimum atomic E-state index is -0.271. The van der Waals surface area contributed by atoms with Gasteiger partial charge in [0.05, 0.1) is 6.61 Å². The second-order valence-corrected chi connectivity index (χ2v) is 4.38. The van der Waals surface area contributed by atoms with Crippen molar-refractivity contribution in [2.45, 2.75) is 19.4 Å². The molecule has 2 nitrogen and oxygen atoms in total. The molecule has 0 radical (unpaired) electrons. The quantitative estimate of drug-likeness (QED) is 0.802. The average Bonchev–Trinajstić information content (AvgIpc) is 2.27. The van der Waals surface area contributed by atoms with Gasteiger partial charge in [-0.15, -0.1) is 0 Å². The molecule has 0 saturated heterocycles. The summed E-state index contributed by atoms with van der Waals surface area (Å²) in [7, 11) is 0. The smallest absolute Gasteiger partial charge is 0.123 e. The van der Waals surface area contributed by atoms with Gasteiger partial charge in [-0.05, 0) is 31.5 Å². The van der Waals surface area contributed by atoms with E-state index in [1.807, 2.05) is 26.0 Å². The van der Waals surface area contributed by atoms with Gasteiger partial charge in [0, 0.05) is 12.1 Å². The van der Waals surface area contributed by atoms with E-state index in [1.165, 1.54) is 12.1 Å². The highest BCUT2D eigenvalue weighted by Gasteiger charge is 2.13. The van der Waals surface area contributed by atoms with Gasteiger partial charge in [0.15, 0.2) is 0 Å². The fourth-order valence-corrected chi connectivity index (χ4v) is 1.16. The van der Waals surface area contributed by atoms with Crippen LogP contribution < -0.4 is 5.32 Å². The number of rotatable bonds is 5. The second kappa shape index (κ2) is 5.77. The zero-order chi connectivity index (χ0) is 12.0. The molecule has 16 heavy (non-hydrogen) atoms. The van der Waals surface area contributed by atoms with Crippen molar-refractivity contribution in [3.8, 4) is 0 Å². The van der Waals surface area contributed by atoms with Crippen molar-refractivity contribution in [2.75, 3.05) is 13.2 Å². The lowest BCUT2D eigenvalue weighted by molar-refractivity contribution is 0.193. The monoisotopic (exact) mass is 223 g/mol. The Kier molecular flexibility index (Phi) is 4.65. The van der Waals surface area contributed by atoms with Gasteiger partial charge in [-0.25, -0.2) is 4.39 Å². The lowest BCUT2D eigenvalue weighted by atomic mass is 10.1. The van der Waals surface area contributed by atoms with Crippen molar-refractivity contribution in [3.63, 3.8) is 0 Å². The van der Waals surface area contributed by atoms with Crippen LogP contribution in [-0.4, -0.2) is 23.8 Å². The molecule has 0 amide bonds. The summed E-state index contributed by atoms with van der Waals surface area (Å²) < 4.78 is 12.6. The molecular formula is C13H18FNO. The van der Waals surface area contributed by atoms with E-state index in [-0.39, 0.29) is 18.0 Å². The van der Waals surface area contributed by atoms with Gasteiger partial charge in [0.1, 0.15) is 5.82 Å². The molecule has 1 aromatic carbocycles. The molecule has 1 aromatic rings. The predicted octanol–water partition coefficient (Wildman–Crippen LogP) is 2.20. The highest BCUT2D eigenvalue weighted by atomic mass is 19.1. The van der Waals surface area contributed by atoms with Crippen molar-refractivity contribution < 1.29 is 9.50 Å². The first-order chi connectivity index (χ1) is 7.53. The third kappa shape index (κ3) is 4.55. The Hall–Kier alpha value is -1.19. The van der Waals surface area contributed by atoms with Crippen molar-refractivity contribution in [2.24, 2.45) is 0 Å². The Bertz CT molecular complexity index is 343. The molecule has 0 aliphatic rings. The molecular weight excluding hydrogens is 205 g/mol. The van der Waals surface area contributed by atoms with Crippen LogP contribution in [0.2, 0.25) is 0 Å². The Morgan fingerprint density at radius 1 is 1.31 bits per heavy atom. The van der Waals surface area contributed by atoms with Gasteiger partial charge in [-0.1, -0.05) is 24.3 Å². The summed E-state index contributed by atoms with van der Waals surface area (Å²) in [6.45, 7) is 4.62. The minimum Gasteiger partial charge on any atom is -0.394 e. The van der Waals surface area contributed by atoms with E-state index in [1.54, 1.807) is 12.1 Å². The van der Waals surface area contributed by atoms with Crippen molar-refractivity contribution >= 4 is 6.08 Å². The van der Waals surface area contributed by atoms with Gasteiger partial charge < -0.3 is 10.4 Å². The maximum atomic E-state index is 12.6. The van der Waals surface area contributed by atoms with Gasteiger partial charge >= 0.3 is 0 Å². The van der Waals surface area contributed by atoms with Crippen LogP contribution in [0.5, 0.6) is 0 Å². The molecule has 3 heteroatoms. The van der Waals surface area contributed by atoms with Crippen molar-refractivity contribution in [1.29, 1.82) is 0 Å². The summed E-state index contributed by atoms with van der Waals surface area (Å²) in [6.07, 6.45) is 3.87. The molecule has 0 fully saturated rings. The average molecular weight is 223 g/mol. The van der Waals surface area contributed by atoms with Crippen LogP contribution in [0.25, 0.3) is 6.08 Å². The van der Waals surface area contributed by atoms with Crippen LogP contribution in [0.1, 0.15) is 19.4 Å². The lowest BCUT2D eigenvalue weighted by Crippen LogP contribution is -2.42. The highest BCUT2D eigenvalue weighted by molar-refractivity contribution is 5.48. The first-order valence-electron chi connectivity index (χ1n) is 5.31. The van der Waals surface area contributed by atoms with Gasteiger partial charge in [0.2, 0.25) is 0 Å². The highest BCUT2D eigenvalue weighted by Crippen LogP contribution is 2.04. The summed E-state index contributed by atoms with van der Waals surface area (Å²) in [6, 6.07) is 6.32. The molecule has 88 valence electrons. The summed E-state index contributed by atoms with van der Waals surface area (Å²) >= 11 is 0. The standard InChI is InChI=1S/C13H18FNO/c1-13(2,10-16)15-9-3-4-11-5-7-12(14)8-6-11/h3-8,15-16H,9-10H2,1-2H3/b4-3+. The van der Waals surface area contributed by atoms with Crippen LogP contribution in [0.4, 0.5) is 4.39 Å². The fourth-order valence-electron chi connectivity index (χ4n) is 1.16. The molecule has 0 aliphatic heterocycles.